The molecule has 3 aromatic rings. The van der Waals surface area contributed by atoms with Gasteiger partial charge in [-0.1, -0.05) is 47.5 Å². The molecule has 2 aromatic carbocycles. The Hall–Kier alpha value is -2.28. The Labute approximate surface area is 187 Å². The largest absolute Gasteiger partial charge is 0.368 e. The quantitative estimate of drug-likeness (QED) is 0.564. The first-order valence-electron chi connectivity index (χ1n) is 10.2. The minimum Gasteiger partial charge on any atom is -0.368 e. The van der Waals surface area contributed by atoms with Crippen LogP contribution in [0.15, 0.2) is 48.5 Å². The number of anilines is 2. The van der Waals surface area contributed by atoms with E-state index in [1.54, 1.807) is 0 Å². The number of piperidine rings is 1. The molecule has 1 fully saturated rings. The predicted molar refractivity (Wildman–Crippen MR) is 123 cm³/mol. The number of benzene rings is 2. The number of halogens is 2. The van der Waals surface area contributed by atoms with Crippen molar-refractivity contribution in [3.05, 3.63) is 69.7 Å². The molecule has 2 heterocycles. The first-order valence-corrected chi connectivity index (χ1v) is 11.0. The summed E-state index contributed by atoms with van der Waals surface area (Å²) in [6.45, 7) is 3.73. The van der Waals surface area contributed by atoms with Crippen LogP contribution in [0.5, 0.6) is 0 Å². The van der Waals surface area contributed by atoms with Gasteiger partial charge in [-0.15, -0.1) is 5.10 Å². The van der Waals surface area contributed by atoms with E-state index in [2.05, 4.69) is 49.2 Å². The molecule has 0 saturated carbocycles. The molecule has 1 aromatic heterocycles. The average Bonchev–Trinajstić information content (AvgIpc) is 3.20. The molecule has 1 saturated heterocycles. The summed E-state index contributed by atoms with van der Waals surface area (Å²) in [7, 11) is 0. The summed E-state index contributed by atoms with van der Waals surface area (Å²) in [5, 5.41) is 8.46. The second kappa shape index (κ2) is 9.69. The average molecular weight is 445 g/mol. The maximum absolute atomic E-state index is 6.07. The van der Waals surface area contributed by atoms with Gasteiger partial charge < -0.3 is 10.6 Å². The Morgan fingerprint density at radius 3 is 2.13 bits per heavy atom. The topological polar surface area (TPSA) is 74.1 Å². The number of nitrogens with two attached hydrogens (primary N) is 1. The van der Waals surface area contributed by atoms with Crippen LogP contribution in [-0.4, -0.2) is 45.8 Å². The molecular formula is C22H26Cl2N6. The minimum atomic E-state index is 0.361. The fourth-order valence-electron chi connectivity index (χ4n) is 3.98. The number of nitrogens with zero attached hydrogens (tertiary/aromatic N) is 4. The number of hydrogen-bond donors (Lipinski definition) is 2. The number of H-pyrrole nitrogens is 1. The van der Waals surface area contributed by atoms with Crippen LogP contribution in [0, 0.1) is 0 Å². The number of aromatic nitrogens is 3. The van der Waals surface area contributed by atoms with Crippen molar-refractivity contribution in [2.24, 2.45) is 0 Å². The standard InChI is InChI=1S/C22H26Cl2N6/c23-18-5-1-16(2-6-18)9-12-30(15-17-3-7-19(24)8-4-17)20-10-13-29(14-11-20)22-26-21(25)27-28-22/h1-8,20H,9-15H2,(H3,25,26,27,28). The highest BCUT2D eigenvalue weighted by atomic mass is 35.5. The fraction of sp³-hybridized carbons (Fsp3) is 0.364. The molecule has 0 spiro atoms. The molecule has 0 amide bonds. The smallest absolute Gasteiger partial charge is 0.246 e. The van der Waals surface area contributed by atoms with Crippen LogP contribution in [0.4, 0.5) is 11.9 Å². The van der Waals surface area contributed by atoms with Gasteiger partial charge in [0.25, 0.3) is 0 Å². The van der Waals surface area contributed by atoms with Crippen molar-refractivity contribution in [1.29, 1.82) is 0 Å². The zero-order chi connectivity index (χ0) is 20.9. The van der Waals surface area contributed by atoms with Crippen LogP contribution in [0.3, 0.4) is 0 Å². The lowest BCUT2D eigenvalue weighted by Crippen LogP contribution is -2.45. The molecule has 0 aliphatic carbocycles. The van der Waals surface area contributed by atoms with E-state index in [1.165, 1.54) is 11.1 Å². The highest BCUT2D eigenvalue weighted by Gasteiger charge is 2.26. The first kappa shape index (κ1) is 21.0. The van der Waals surface area contributed by atoms with Crippen LogP contribution >= 0.6 is 23.2 Å². The molecule has 4 rings (SSSR count). The van der Waals surface area contributed by atoms with Gasteiger partial charge in [-0.3, -0.25) is 4.90 Å². The van der Waals surface area contributed by atoms with E-state index in [4.69, 9.17) is 28.9 Å². The van der Waals surface area contributed by atoms with Crippen molar-refractivity contribution in [1.82, 2.24) is 20.1 Å². The molecule has 158 valence electrons. The summed E-state index contributed by atoms with van der Waals surface area (Å²) in [5.41, 5.74) is 8.26. The summed E-state index contributed by atoms with van der Waals surface area (Å²) < 4.78 is 0. The van der Waals surface area contributed by atoms with Crippen molar-refractivity contribution in [2.75, 3.05) is 30.3 Å². The Balaban J connectivity index is 1.42. The lowest BCUT2D eigenvalue weighted by molar-refractivity contribution is 0.162. The van der Waals surface area contributed by atoms with Gasteiger partial charge in [-0.25, -0.2) is 5.10 Å². The van der Waals surface area contributed by atoms with E-state index < -0.39 is 0 Å². The summed E-state index contributed by atoms with van der Waals surface area (Å²) in [4.78, 5) is 9.05. The SMILES string of the molecule is Nc1nc(N2CCC(N(CCc3ccc(Cl)cc3)Cc3ccc(Cl)cc3)CC2)n[nH]1. The Morgan fingerprint density at radius 2 is 1.57 bits per heavy atom. The zero-order valence-electron chi connectivity index (χ0n) is 16.8. The van der Waals surface area contributed by atoms with Crippen molar-refractivity contribution in [3.8, 4) is 0 Å². The molecule has 1 aliphatic heterocycles. The van der Waals surface area contributed by atoms with Crippen LogP contribution in [0.2, 0.25) is 10.0 Å². The van der Waals surface area contributed by atoms with Crippen molar-refractivity contribution < 1.29 is 0 Å². The van der Waals surface area contributed by atoms with Crippen LogP contribution < -0.4 is 10.6 Å². The van der Waals surface area contributed by atoms with Crippen LogP contribution in [0.25, 0.3) is 0 Å². The van der Waals surface area contributed by atoms with Gasteiger partial charge in [0, 0.05) is 42.3 Å². The minimum absolute atomic E-state index is 0.361. The number of nitrogens with one attached hydrogen (secondary N) is 1. The zero-order valence-corrected chi connectivity index (χ0v) is 18.3. The van der Waals surface area contributed by atoms with Crippen molar-refractivity contribution in [3.63, 3.8) is 0 Å². The van der Waals surface area contributed by atoms with Gasteiger partial charge >= 0.3 is 0 Å². The molecule has 0 unspecified atom stereocenters. The number of rotatable bonds is 7. The maximum Gasteiger partial charge on any atom is 0.246 e. The third kappa shape index (κ3) is 5.45. The van der Waals surface area contributed by atoms with E-state index in [9.17, 15) is 0 Å². The molecule has 0 atom stereocenters. The highest BCUT2D eigenvalue weighted by molar-refractivity contribution is 6.30. The second-order valence-electron chi connectivity index (χ2n) is 7.71. The monoisotopic (exact) mass is 444 g/mol. The van der Waals surface area contributed by atoms with Gasteiger partial charge in [-0.05, 0) is 54.7 Å². The van der Waals surface area contributed by atoms with Crippen LogP contribution in [-0.2, 0) is 13.0 Å². The van der Waals surface area contributed by atoms with Gasteiger partial charge in [0.2, 0.25) is 11.9 Å². The Bertz CT molecular complexity index is 933. The third-order valence-corrected chi connectivity index (χ3v) is 6.16. The number of hydrogen-bond acceptors (Lipinski definition) is 5. The van der Waals surface area contributed by atoms with E-state index >= 15 is 0 Å². The lowest BCUT2D eigenvalue weighted by atomic mass is 10.0. The van der Waals surface area contributed by atoms with E-state index in [1.807, 2.05) is 24.3 Å². The molecule has 8 heteroatoms. The maximum atomic E-state index is 6.07. The molecular weight excluding hydrogens is 419 g/mol. The summed E-state index contributed by atoms with van der Waals surface area (Å²) >= 11 is 12.1. The first-order chi connectivity index (χ1) is 14.6. The fourth-order valence-corrected chi connectivity index (χ4v) is 4.23. The molecule has 1 aliphatic rings. The lowest BCUT2D eigenvalue weighted by Gasteiger charge is -2.38. The van der Waals surface area contributed by atoms with Gasteiger partial charge in [0.15, 0.2) is 0 Å². The Morgan fingerprint density at radius 1 is 0.967 bits per heavy atom. The van der Waals surface area contributed by atoms with Crippen molar-refractivity contribution in [2.45, 2.75) is 31.8 Å². The number of aromatic amines is 1. The predicted octanol–water partition coefficient (Wildman–Crippen LogP) is 4.41. The van der Waals surface area contributed by atoms with E-state index in [-0.39, 0.29) is 0 Å². The second-order valence-corrected chi connectivity index (χ2v) is 8.59. The molecule has 0 bridgehead atoms. The van der Waals surface area contributed by atoms with Crippen LogP contribution in [0.1, 0.15) is 24.0 Å². The Kier molecular flexibility index (Phi) is 6.77. The molecule has 0 radical (unpaired) electrons. The molecule has 3 N–H and O–H groups in total. The molecule has 30 heavy (non-hydrogen) atoms. The number of nitrogen functional groups attached to an aromatic ring is 1. The van der Waals surface area contributed by atoms with Gasteiger partial charge in [0.1, 0.15) is 0 Å². The van der Waals surface area contributed by atoms with E-state index in [0.29, 0.717) is 17.9 Å². The summed E-state index contributed by atoms with van der Waals surface area (Å²) in [6.07, 6.45) is 3.10. The highest BCUT2D eigenvalue weighted by Crippen LogP contribution is 2.23. The van der Waals surface area contributed by atoms with Gasteiger partial charge in [0.05, 0.1) is 0 Å². The summed E-state index contributed by atoms with van der Waals surface area (Å²) in [5.74, 6) is 1.05. The van der Waals surface area contributed by atoms with Crippen molar-refractivity contribution >= 4 is 35.1 Å². The molecule has 6 nitrogen and oxygen atoms in total. The van der Waals surface area contributed by atoms with E-state index in [0.717, 1.165) is 55.5 Å². The summed E-state index contributed by atoms with van der Waals surface area (Å²) in [6, 6.07) is 16.8. The normalized spacial score (nSPS) is 15.1. The third-order valence-electron chi connectivity index (χ3n) is 5.65. The van der Waals surface area contributed by atoms with Gasteiger partial charge in [-0.2, -0.15) is 4.98 Å².